The van der Waals surface area contributed by atoms with Gasteiger partial charge < -0.3 is 0 Å². The van der Waals surface area contributed by atoms with Crippen LogP contribution in [0.4, 0.5) is 0 Å². The van der Waals surface area contributed by atoms with Crippen molar-refractivity contribution in [2.75, 3.05) is 0 Å². The zero-order valence-electron chi connectivity index (χ0n) is 30.0. The summed E-state index contributed by atoms with van der Waals surface area (Å²) < 4.78 is 0. The molecule has 0 bridgehead atoms. The molecule has 10 rings (SSSR count). The molecule has 0 radical (unpaired) electrons. The lowest BCUT2D eigenvalue weighted by molar-refractivity contribution is 1.07. The number of nitrogens with zero attached hydrogens (tertiary/aromatic N) is 6. The highest BCUT2D eigenvalue weighted by atomic mass is 15.0. The van der Waals surface area contributed by atoms with Crippen LogP contribution in [-0.4, -0.2) is 24.9 Å². The van der Waals surface area contributed by atoms with E-state index in [9.17, 15) is 5.26 Å². The molecule has 0 spiro atoms. The summed E-state index contributed by atoms with van der Waals surface area (Å²) in [4.78, 5) is 24.5. The highest BCUT2D eigenvalue weighted by Gasteiger charge is 2.17. The van der Waals surface area contributed by atoms with Gasteiger partial charge in [-0.3, -0.25) is 9.97 Å². The lowest BCUT2D eigenvalue weighted by Gasteiger charge is -2.16. The Morgan fingerprint density at radius 2 is 0.929 bits per heavy atom. The van der Waals surface area contributed by atoms with E-state index in [0.717, 1.165) is 82.5 Å². The largest absolute Gasteiger partial charge is 0.263 e. The second-order valence-corrected chi connectivity index (χ2v) is 13.7. The Morgan fingerprint density at radius 1 is 0.375 bits per heavy atom. The Labute approximate surface area is 323 Å². The topological polar surface area (TPSA) is 88.2 Å². The van der Waals surface area contributed by atoms with Gasteiger partial charge in [0.05, 0.1) is 17.1 Å². The SMILES string of the molecule is N#Cc1cccc(-c2cc3c4cccnc4c(-c4cncc(-c5cccc(-c6nc(-c7ccccc7)nc(-c7ccccc7)n6)c5)c4)cc3c3ccccc23)c1. The molecule has 0 saturated carbocycles. The molecule has 0 unspecified atom stereocenters. The molecule has 0 aliphatic rings. The zero-order valence-corrected chi connectivity index (χ0v) is 30.0. The smallest absolute Gasteiger partial charge is 0.164 e. The molecule has 0 saturated heterocycles. The average Bonchev–Trinajstić information content (AvgIpc) is 3.29. The van der Waals surface area contributed by atoms with Crippen molar-refractivity contribution in [3.05, 3.63) is 188 Å². The lowest BCUT2D eigenvalue weighted by Crippen LogP contribution is -2.00. The quantitative estimate of drug-likeness (QED) is 0.159. The normalized spacial score (nSPS) is 11.2. The molecule has 0 fully saturated rings. The third kappa shape index (κ3) is 5.90. The van der Waals surface area contributed by atoms with Crippen molar-refractivity contribution in [2.45, 2.75) is 0 Å². The van der Waals surface area contributed by atoms with Gasteiger partial charge in [0.25, 0.3) is 0 Å². The van der Waals surface area contributed by atoms with Crippen LogP contribution in [0.3, 0.4) is 0 Å². The zero-order chi connectivity index (χ0) is 37.4. The molecular formula is C50H30N6. The molecule has 0 aliphatic heterocycles. The van der Waals surface area contributed by atoms with Crippen LogP contribution in [-0.2, 0) is 0 Å². The van der Waals surface area contributed by atoms with Crippen molar-refractivity contribution in [3.8, 4) is 73.6 Å². The van der Waals surface area contributed by atoms with Crippen molar-refractivity contribution in [3.63, 3.8) is 0 Å². The first-order valence-electron chi connectivity index (χ1n) is 18.4. The molecule has 6 heteroatoms. The van der Waals surface area contributed by atoms with Crippen LogP contribution in [0.2, 0.25) is 0 Å². The van der Waals surface area contributed by atoms with Crippen molar-refractivity contribution in [2.24, 2.45) is 0 Å². The highest BCUT2D eigenvalue weighted by molar-refractivity contribution is 6.23. The molecule has 0 atom stereocenters. The first-order chi connectivity index (χ1) is 27.7. The minimum atomic E-state index is 0.596. The number of hydrogen-bond acceptors (Lipinski definition) is 6. The van der Waals surface area contributed by atoms with Crippen molar-refractivity contribution >= 4 is 32.4 Å². The minimum Gasteiger partial charge on any atom is -0.263 e. The predicted octanol–water partition coefficient (Wildman–Crippen LogP) is 12.0. The van der Waals surface area contributed by atoms with Gasteiger partial charge in [-0.25, -0.2) is 15.0 Å². The minimum absolute atomic E-state index is 0.596. The third-order valence-corrected chi connectivity index (χ3v) is 10.2. The molecular weight excluding hydrogens is 685 g/mol. The fraction of sp³-hybridized carbons (Fsp3) is 0. The number of benzene rings is 7. The van der Waals surface area contributed by atoms with E-state index in [0.29, 0.717) is 23.0 Å². The van der Waals surface area contributed by atoms with Gasteiger partial charge in [0.15, 0.2) is 17.5 Å². The number of pyridine rings is 2. The maximum Gasteiger partial charge on any atom is 0.164 e. The van der Waals surface area contributed by atoms with Gasteiger partial charge in [-0.1, -0.05) is 121 Å². The van der Waals surface area contributed by atoms with E-state index in [1.165, 1.54) is 0 Å². The van der Waals surface area contributed by atoms with Crippen LogP contribution in [0.1, 0.15) is 5.56 Å². The fourth-order valence-corrected chi connectivity index (χ4v) is 7.56. The van der Waals surface area contributed by atoms with E-state index in [1.54, 1.807) is 0 Å². The van der Waals surface area contributed by atoms with E-state index in [1.807, 2.05) is 116 Å². The summed E-state index contributed by atoms with van der Waals surface area (Å²) in [7, 11) is 0. The number of fused-ring (bicyclic) bond motifs is 5. The van der Waals surface area contributed by atoms with E-state index in [4.69, 9.17) is 24.9 Å². The Bertz CT molecular complexity index is 3090. The summed E-state index contributed by atoms with van der Waals surface area (Å²) in [5.41, 5.74) is 10.3. The molecule has 10 aromatic rings. The number of aromatic nitrogens is 5. The Morgan fingerprint density at radius 3 is 1.68 bits per heavy atom. The molecule has 0 amide bonds. The van der Waals surface area contributed by atoms with Crippen LogP contribution in [0, 0.1) is 11.3 Å². The van der Waals surface area contributed by atoms with Crippen LogP contribution >= 0.6 is 0 Å². The highest BCUT2D eigenvalue weighted by Crippen LogP contribution is 2.42. The van der Waals surface area contributed by atoms with Gasteiger partial charge in [0.1, 0.15) is 0 Å². The first-order valence-corrected chi connectivity index (χ1v) is 18.4. The molecule has 7 aromatic carbocycles. The fourth-order valence-electron chi connectivity index (χ4n) is 7.56. The van der Waals surface area contributed by atoms with Crippen LogP contribution in [0.5, 0.6) is 0 Å². The van der Waals surface area contributed by atoms with Gasteiger partial charge in [-0.05, 0) is 80.7 Å². The Balaban J connectivity index is 1.11. The summed E-state index contributed by atoms with van der Waals surface area (Å²) in [6, 6.07) is 57.7. The third-order valence-electron chi connectivity index (χ3n) is 10.2. The summed E-state index contributed by atoms with van der Waals surface area (Å²) in [6.07, 6.45) is 5.66. The standard InChI is InChI=1S/C50H30N6/c51-29-32-12-9-18-36(24-32)43-27-46-42-22-11-23-53-47(42)44(28-45(46)41-21-8-7-20-40(41)43)39-26-38(30-52-31-39)35-17-10-19-37(25-35)50-55-48(33-13-3-1-4-14-33)54-49(56-50)34-15-5-2-6-16-34/h1-28,30-31H. The van der Waals surface area contributed by atoms with Gasteiger partial charge in [0, 0.05) is 57.4 Å². The molecule has 6 nitrogen and oxygen atoms in total. The second kappa shape index (κ2) is 13.8. The van der Waals surface area contributed by atoms with E-state index in [2.05, 4.69) is 72.8 Å². The van der Waals surface area contributed by atoms with Crippen molar-refractivity contribution in [1.82, 2.24) is 24.9 Å². The van der Waals surface area contributed by atoms with Crippen LogP contribution in [0.25, 0.3) is 100.0 Å². The summed E-state index contributed by atoms with van der Waals surface area (Å²) in [5.74, 6) is 1.84. The maximum atomic E-state index is 9.66. The first kappa shape index (κ1) is 32.7. The number of rotatable bonds is 6. The monoisotopic (exact) mass is 714 g/mol. The molecule has 260 valence electrons. The van der Waals surface area contributed by atoms with Crippen LogP contribution < -0.4 is 0 Å². The van der Waals surface area contributed by atoms with Crippen molar-refractivity contribution < 1.29 is 0 Å². The number of nitriles is 1. The number of hydrogen-bond donors (Lipinski definition) is 0. The predicted molar refractivity (Wildman–Crippen MR) is 225 cm³/mol. The van der Waals surface area contributed by atoms with Crippen molar-refractivity contribution in [1.29, 1.82) is 5.26 Å². The van der Waals surface area contributed by atoms with Gasteiger partial charge in [-0.2, -0.15) is 5.26 Å². The van der Waals surface area contributed by atoms with E-state index < -0.39 is 0 Å². The molecule has 0 N–H and O–H groups in total. The molecule has 56 heavy (non-hydrogen) atoms. The maximum absolute atomic E-state index is 9.66. The Hall–Kier alpha value is -7.88. The van der Waals surface area contributed by atoms with Gasteiger partial charge >= 0.3 is 0 Å². The average molecular weight is 715 g/mol. The van der Waals surface area contributed by atoms with Gasteiger partial charge in [0.2, 0.25) is 0 Å². The van der Waals surface area contributed by atoms with Crippen LogP contribution in [0.15, 0.2) is 182 Å². The van der Waals surface area contributed by atoms with Gasteiger partial charge in [-0.15, -0.1) is 0 Å². The summed E-state index contributed by atoms with van der Waals surface area (Å²) >= 11 is 0. The molecule has 0 aliphatic carbocycles. The lowest BCUT2D eigenvalue weighted by atomic mass is 9.89. The van der Waals surface area contributed by atoms with E-state index in [-0.39, 0.29) is 0 Å². The molecule has 3 aromatic heterocycles. The second-order valence-electron chi connectivity index (χ2n) is 13.7. The Kier molecular flexibility index (Phi) is 8.09. The summed E-state index contributed by atoms with van der Waals surface area (Å²) in [6.45, 7) is 0. The molecule has 3 heterocycles. The summed E-state index contributed by atoms with van der Waals surface area (Å²) in [5, 5.41) is 15.2. The van der Waals surface area contributed by atoms with E-state index >= 15 is 0 Å².